The molecule has 0 aliphatic rings. The Morgan fingerprint density at radius 3 is 2.52 bits per heavy atom. The second kappa shape index (κ2) is 6.19. The molecule has 4 nitrogen and oxygen atoms in total. The zero-order valence-electron chi connectivity index (χ0n) is 10.5. The number of nitrogens with one attached hydrogen (secondary N) is 1. The minimum absolute atomic E-state index is 0.0398. The monoisotopic (exact) mass is 349 g/mol. The van der Waals surface area contributed by atoms with E-state index in [1.807, 2.05) is 0 Å². The van der Waals surface area contributed by atoms with E-state index in [0.29, 0.717) is 0 Å². The summed E-state index contributed by atoms with van der Waals surface area (Å²) in [6, 6.07) is 7.54. The van der Waals surface area contributed by atoms with E-state index in [2.05, 4.69) is 4.72 Å². The number of halogens is 3. The molecule has 0 radical (unpaired) electrons. The summed E-state index contributed by atoms with van der Waals surface area (Å²) in [6.45, 7) is -0.402. The Morgan fingerprint density at radius 1 is 1.14 bits per heavy atom. The van der Waals surface area contributed by atoms with Gasteiger partial charge in [0, 0.05) is 5.02 Å². The smallest absolute Gasteiger partial charge is 0.264 e. The van der Waals surface area contributed by atoms with Crippen molar-refractivity contribution in [1.82, 2.24) is 0 Å². The van der Waals surface area contributed by atoms with Crippen molar-refractivity contribution in [3.63, 3.8) is 0 Å². The van der Waals surface area contributed by atoms with Crippen LogP contribution in [0.3, 0.4) is 0 Å². The van der Waals surface area contributed by atoms with Gasteiger partial charge in [-0.2, -0.15) is 0 Å². The molecule has 0 aliphatic heterocycles. The van der Waals surface area contributed by atoms with Crippen LogP contribution >= 0.6 is 23.2 Å². The van der Waals surface area contributed by atoms with Crippen LogP contribution in [0.4, 0.5) is 10.1 Å². The summed E-state index contributed by atoms with van der Waals surface area (Å²) in [7, 11) is -4.20. The molecule has 0 saturated carbocycles. The Bertz CT molecular complexity index is 781. The van der Waals surface area contributed by atoms with E-state index in [1.165, 1.54) is 24.3 Å². The quantitative estimate of drug-likeness (QED) is 0.888. The van der Waals surface area contributed by atoms with Crippen molar-refractivity contribution in [2.24, 2.45) is 0 Å². The molecule has 2 rings (SSSR count). The molecular weight excluding hydrogens is 340 g/mol. The third kappa shape index (κ3) is 3.65. The third-order valence-corrected chi connectivity index (χ3v) is 4.59. The highest BCUT2D eigenvalue weighted by Gasteiger charge is 2.21. The maximum Gasteiger partial charge on any atom is 0.264 e. The molecule has 2 aromatic rings. The molecule has 2 N–H and O–H groups in total. The van der Waals surface area contributed by atoms with Crippen molar-refractivity contribution < 1.29 is 17.9 Å². The number of benzene rings is 2. The fourth-order valence-corrected chi connectivity index (χ4v) is 3.22. The second-order valence-electron chi connectivity index (χ2n) is 4.15. The van der Waals surface area contributed by atoms with E-state index in [4.69, 9.17) is 28.3 Å². The molecule has 21 heavy (non-hydrogen) atoms. The molecule has 0 unspecified atom stereocenters. The lowest BCUT2D eigenvalue weighted by molar-refractivity contribution is 0.281. The van der Waals surface area contributed by atoms with Crippen LogP contribution in [-0.2, 0) is 16.6 Å². The fraction of sp³-hybridized carbons (Fsp3) is 0.0769. The lowest BCUT2D eigenvalue weighted by Crippen LogP contribution is -2.15. The Morgan fingerprint density at radius 2 is 1.86 bits per heavy atom. The number of hydrogen-bond acceptors (Lipinski definition) is 3. The zero-order chi connectivity index (χ0) is 15.6. The summed E-state index contributed by atoms with van der Waals surface area (Å²) in [5.74, 6) is -0.933. The molecule has 8 heteroatoms. The van der Waals surface area contributed by atoms with Gasteiger partial charge < -0.3 is 5.11 Å². The highest BCUT2D eigenvalue weighted by molar-refractivity contribution is 7.92. The molecule has 0 aliphatic carbocycles. The first kappa shape index (κ1) is 16.0. The highest BCUT2D eigenvalue weighted by Crippen LogP contribution is 2.28. The van der Waals surface area contributed by atoms with Gasteiger partial charge in [-0.25, -0.2) is 12.8 Å². The minimum Gasteiger partial charge on any atom is -0.392 e. The number of sulfonamides is 1. The molecule has 0 fully saturated rings. The summed E-state index contributed by atoms with van der Waals surface area (Å²) in [5, 5.41) is 9.42. The van der Waals surface area contributed by atoms with Gasteiger partial charge in [-0.1, -0.05) is 29.3 Å². The van der Waals surface area contributed by atoms with E-state index in [0.717, 1.165) is 12.1 Å². The molecule has 0 bridgehead atoms. The average molecular weight is 350 g/mol. The number of aliphatic hydroxyl groups excluding tert-OH is 1. The first-order chi connectivity index (χ1) is 9.83. The van der Waals surface area contributed by atoms with Gasteiger partial charge in [0.2, 0.25) is 0 Å². The van der Waals surface area contributed by atoms with Crippen molar-refractivity contribution >= 4 is 38.9 Å². The largest absolute Gasteiger partial charge is 0.392 e. The van der Waals surface area contributed by atoms with Gasteiger partial charge in [-0.05, 0) is 35.9 Å². The predicted molar refractivity (Wildman–Crippen MR) is 79.6 cm³/mol. The Labute approximate surface area is 131 Å². The standard InChI is InChI=1S/C13H10Cl2FNO3S/c14-9-2-3-10(15)12(6-9)17-21(19,20)13-5-8(7-18)1-4-11(13)16/h1-6,17-18H,7H2. The summed E-state index contributed by atoms with van der Waals surface area (Å²) in [4.78, 5) is -0.579. The van der Waals surface area contributed by atoms with Crippen LogP contribution in [0, 0.1) is 5.82 Å². The maximum absolute atomic E-state index is 13.7. The summed E-state index contributed by atoms with van der Waals surface area (Å²) < 4.78 is 40.3. The lowest BCUT2D eigenvalue weighted by atomic mass is 10.2. The summed E-state index contributed by atoms with van der Waals surface area (Å²) >= 11 is 11.6. The first-order valence-electron chi connectivity index (χ1n) is 5.70. The zero-order valence-corrected chi connectivity index (χ0v) is 12.8. The second-order valence-corrected chi connectivity index (χ2v) is 6.65. The number of rotatable bonds is 4. The molecule has 0 aromatic heterocycles. The van der Waals surface area contributed by atoms with Crippen molar-refractivity contribution in [3.05, 3.63) is 57.8 Å². The number of hydrogen-bond donors (Lipinski definition) is 2. The van der Waals surface area contributed by atoms with Crippen LogP contribution in [-0.4, -0.2) is 13.5 Å². The average Bonchev–Trinajstić information content (AvgIpc) is 2.43. The molecule has 0 atom stereocenters. The predicted octanol–water partition coefficient (Wildman–Crippen LogP) is 3.43. The van der Waals surface area contributed by atoms with E-state index in [-0.39, 0.29) is 21.3 Å². The minimum atomic E-state index is -4.20. The van der Waals surface area contributed by atoms with Crippen molar-refractivity contribution in [3.8, 4) is 0 Å². The summed E-state index contributed by atoms with van der Waals surface area (Å²) in [5.41, 5.74) is 0.312. The highest BCUT2D eigenvalue weighted by atomic mass is 35.5. The van der Waals surface area contributed by atoms with Gasteiger partial charge in [-0.3, -0.25) is 4.72 Å². The summed E-state index contributed by atoms with van der Waals surface area (Å²) in [6.07, 6.45) is 0. The molecule has 0 saturated heterocycles. The van der Waals surface area contributed by atoms with E-state index >= 15 is 0 Å². The van der Waals surface area contributed by atoms with Crippen LogP contribution < -0.4 is 4.72 Å². The van der Waals surface area contributed by atoms with Gasteiger partial charge in [0.25, 0.3) is 10.0 Å². The number of aliphatic hydroxyl groups is 1. The van der Waals surface area contributed by atoms with Crippen LogP contribution in [0.25, 0.3) is 0 Å². The van der Waals surface area contributed by atoms with Crippen LogP contribution in [0.2, 0.25) is 10.0 Å². The molecule has 2 aromatic carbocycles. The molecule has 0 heterocycles. The number of anilines is 1. The van der Waals surface area contributed by atoms with Crippen LogP contribution in [0.15, 0.2) is 41.3 Å². The molecule has 112 valence electrons. The normalized spacial score (nSPS) is 11.4. The van der Waals surface area contributed by atoms with Crippen molar-refractivity contribution in [2.75, 3.05) is 4.72 Å². The molecule has 0 amide bonds. The van der Waals surface area contributed by atoms with Gasteiger partial charge in [-0.15, -0.1) is 0 Å². The first-order valence-corrected chi connectivity index (χ1v) is 7.94. The Kier molecular flexibility index (Phi) is 4.73. The molecular formula is C13H10Cl2FNO3S. The van der Waals surface area contributed by atoms with Crippen molar-refractivity contribution in [1.29, 1.82) is 0 Å². The Hall–Kier alpha value is -1.34. The third-order valence-electron chi connectivity index (χ3n) is 2.64. The van der Waals surface area contributed by atoms with E-state index in [1.54, 1.807) is 0 Å². The van der Waals surface area contributed by atoms with Gasteiger partial charge in [0.1, 0.15) is 10.7 Å². The maximum atomic E-state index is 13.7. The van der Waals surface area contributed by atoms with E-state index in [9.17, 15) is 12.8 Å². The van der Waals surface area contributed by atoms with Crippen LogP contribution in [0.5, 0.6) is 0 Å². The van der Waals surface area contributed by atoms with Gasteiger partial charge in [0.05, 0.1) is 17.3 Å². The lowest BCUT2D eigenvalue weighted by Gasteiger charge is -2.11. The van der Waals surface area contributed by atoms with Gasteiger partial charge in [0.15, 0.2) is 0 Å². The topological polar surface area (TPSA) is 66.4 Å². The van der Waals surface area contributed by atoms with Crippen LogP contribution in [0.1, 0.15) is 5.56 Å². The SMILES string of the molecule is O=S(=O)(Nc1cc(Cl)ccc1Cl)c1cc(CO)ccc1F. The van der Waals surface area contributed by atoms with E-state index < -0.39 is 27.3 Å². The fourth-order valence-electron chi connectivity index (χ4n) is 1.63. The van der Waals surface area contributed by atoms with Gasteiger partial charge >= 0.3 is 0 Å². The molecule has 0 spiro atoms. The van der Waals surface area contributed by atoms with Crippen molar-refractivity contribution in [2.45, 2.75) is 11.5 Å². The Balaban J connectivity index is 2.45.